The van der Waals surface area contributed by atoms with Crippen LogP contribution in [0.3, 0.4) is 0 Å². The number of nitrogens with zero attached hydrogens (tertiary/aromatic N) is 1. The van der Waals surface area contributed by atoms with Crippen molar-refractivity contribution in [1.82, 2.24) is 20.9 Å². The first kappa shape index (κ1) is 26.9. The summed E-state index contributed by atoms with van der Waals surface area (Å²) in [7, 11) is 0. The van der Waals surface area contributed by atoms with Crippen LogP contribution < -0.4 is 21.7 Å². The van der Waals surface area contributed by atoms with Crippen molar-refractivity contribution >= 4 is 23.8 Å². The fourth-order valence-electron chi connectivity index (χ4n) is 4.50. The van der Waals surface area contributed by atoms with Crippen LogP contribution in [-0.4, -0.2) is 70.1 Å². The third-order valence-electron chi connectivity index (χ3n) is 6.79. The average Bonchev–Trinajstić information content (AvgIpc) is 2.95. The van der Waals surface area contributed by atoms with Gasteiger partial charge in [0.05, 0.1) is 6.04 Å². The highest BCUT2D eigenvalue weighted by Crippen LogP contribution is 2.33. The molecule has 2 unspecified atom stereocenters. The number of rotatable bonds is 8. The zero-order valence-electron chi connectivity index (χ0n) is 20.7. The Morgan fingerprint density at radius 3 is 2.21 bits per heavy atom. The number of carbonyl (C=O) groups excluding carboxylic acids is 4. The lowest BCUT2D eigenvalue weighted by Gasteiger charge is -2.34. The van der Waals surface area contributed by atoms with Crippen LogP contribution in [0.15, 0.2) is 0 Å². The second-order valence-corrected chi connectivity index (χ2v) is 10.8. The highest BCUT2D eigenvalue weighted by molar-refractivity contribution is 5.93. The maximum absolute atomic E-state index is 13.3. The zero-order valence-corrected chi connectivity index (χ0v) is 20.7. The number of nitrogens with one attached hydrogen (secondary N) is 3. The first-order chi connectivity index (χ1) is 15.2. The Hall–Kier alpha value is -2.36. The summed E-state index contributed by atoms with van der Waals surface area (Å²) in [6.45, 7) is 11.3. The number of hydrogen-bond donors (Lipinski definition) is 5. The number of nitrogens with two attached hydrogens (primary N) is 1. The second kappa shape index (κ2) is 10.7. The van der Waals surface area contributed by atoms with Crippen molar-refractivity contribution < 1.29 is 24.3 Å². The molecule has 6 N–H and O–H groups in total. The van der Waals surface area contributed by atoms with Crippen molar-refractivity contribution in [2.75, 3.05) is 6.54 Å². The highest BCUT2D eigenvalue weighted by atomic mass is 16.3. The summed E-state index contributed by atoms with van der Waals surface area (Å²) >= 11 is 0. The molecule has 0 spiro atoms. The number of amides is 5. The quantitative estimate of drug-likeness (QED) is 0.351. The van der Waals surface area contributed by atoms with Crippen molar-refractivity contribution in [3.05, 3.63) is 0 Å². The smallest absolute Gasteiger partial charge is 0.315 e. The van der Waals surface area contributed by atoms with Crippen LogP contribution in [0, 0.1) is 17.8 Å². The van der Waals surface area contributed by atoms with Gasteiger partial charge in [-0.2, -0.15) is 0 Å². The largest absolute Gasteiger partial charge is 0.381 e. The monoisotopic (exact) mass is 467 g/mol. The number of aliphatic hydroxyl groups excluding tert-OH is 1. The molecule has 0 bridgehead atoms. The molecule has 1 aliphatic carbocycles. The topological polar surface area (TPSA) is 154 Å². The molecule has 1 heterocycles. The molecule has 5 amide bonds. The standard InChI is InChI=1S/C23H41N5O5/c1-12-11-28(21(32)14(3)25-22(33)27-23(4,5)6)17(13(12)2)20(31)26-16(18(29)19(24)30)10-15-8-7-9-15/h12-18,29H,7-11H2,1-6H3,(H2,24,30)(H,26,31)(H2,25,27,33)/t12-,13-,14-,16?,17-,18?/m0/s1. The molecule has 2 fully saturated rings. The van der Waals surface area contributed by atoms with Crippen molar-refractivity contribution in [2.24, 2.45) is 23.5 Å². The molecule has 0 aromatic rings. The molecule has 0 radical (unpaired) electrons. The summed E-state index contributed by atoms with van der Waals surface area (Å²) in [5, 5.41) is 18.5. The summed E-state index contributed by atoms with van der Waals surface area (Å²) < 4.78 is 0. The van der Waals surface area contributed by atoms with Crippen molar-refractivity contribution in [3.63, 3.8) is 0 Å². The normalized spacial score (nSPS) is 26.0. The van der Waals surface area contributed by atoms with Crippen LogP contribution in [-0.2, 0) is 14.4 Å². The molecule has 0 aromatic heterocycles. The van der Waals surface area contributed by atoms with Crippen LogP contribution in [0.2, 0.25) is 0 Å². The van der Waals surface area contributed by atoms with E-state index in [2.05, 4.69) is 16.0 Å². The lowest BCUT2D eigenvalue weighted by Crippen LogP contribution is -2.58. The van der Waals surface area contributed by atoms with E-state index in [9.17, 15) is 24.3 Å². The Bertz CT molecular complexity index is 748. The van der Waals surface area contributed by atoms with E-state index in [4.69, 9.17) is 5.73 Å². The SMILES string of the molecule is C[C@@H]1[C@@H](C(=O)NC(CC2CCC2)C(O)C(N)=O)N(C(=O)[C@H](C)NC(=O)NC(C)(C)C)C[C@@H]1C. The minimum absolute atomic E-state index is 0.0615. The van der Waals surface area contributed by atoms with Gasteiger partial charge in [0, 0.05) is 12.1 Å². The maximum atomic E-state index is 13.3. The van der Waals surface area contributed by atoms with Gasteiger partial charge in [0.15, 0.2) is 6.10 Å². The van der Waals surface area contributed by atoms with Gasteiger partial charge in [0.1, 0.15) is 12.1 Å². The van der Waals surface area contributed by atoms with E-state index >= 15 is 0 Å². The molecule has 2 aliphatic rings. The first-order valence-corrected chi connectivity index (χ1v) is 11.9. The number of urea groups is 1. The second-order valence-electron chi connectivity index (χ2n) is 10.8. The fourth-order valence-corrected chi connectivity index (χ4v) is 4.50. The Morgan fingerprint density at radius 2 is 1.73 bits per heavy atom. The zero-order chi connectivity index (χ0) is 25.1. The van der Waals surface area contributed by atoms with Gasteiger partial charge in [-0.05, 0) is 51.9 Å². The average molecular weight is 468 g/mol. The molecule has 33 heavy (non-hydrogen) atoms. The molecule has 2 rings (SSSR count). The lowest BCUT2D eigenvalue weighted by molar-refractivity contribution is -0.141. The predicted molar refractivity (Wildman–Crippen MR) is 124 cm³/mol. The number of carbonyl (C=O) groups is 4. The van der Waals surface area contributed by atoms with Gasteiger partial charge in [-0.1, -0.05) is 33.1 Å². The summed E-state index contributed by atoms with van der Waals surface area (Å²) in [5.74, 6) is -1.42. The van der Waals surface area contributed by atoms with Crippen LogP contribution in [0.4, 0.5) is 4.79 Å². The van der Waals surface area contributed by atoms with Gasteiger partial charge in [-0.3, -0.25) is 14.4 Å². The third kappa shape index (κ3) is 7.06. The minimum atomic E-state index is -1.49. The van der Waals surface area contributed by atoms with E-state index in [0.717, 1.165) is 19.3 Å². The summed E-state index contributed by atoms with van der Waals surface area (Å²) in [6, 6.07) is -2.86. The number of aliphatic hydroxyl groups is 1. The molecular weight excluding hydrogens is 426 g/mol. The van der Waals surface area contributed by atoms with Gasteiger partial charge >= 0.3 is 6.03 Å². The van der Waals surface area contributed by atoms with Gasteiger partial charge in [-0.15, -0.1) is 0 Å². The Kier molecular flexibility index (Phi) is 8.73. The Labute approximate surface area is 196 Å². The van der Waals surface area contributed by atoms with E-state index in [1.165, 1.54) is 4.90 Å². The molecule has 1 saturated carbocycles. The van der Waals surface area contributed by atoms with Gasteiger partial charge in [-0.25, -0.2) is 4.79 Å². The number of likely N-dealkylation sites (tertiary alicyclic amines) is 1. The van der Waals surface area contributed by atoms with Crippen LogP contribution in [0.25, 0.3) is 0 Å². The summed E-state index contributed by atoms with van der Waals surface area (Å²) in [6.07, 6.45) is 2.03. The maximum Gasteiger partial charge on any atom is 0.315 e. The number of hydrogen-bond acceptors (Lipinski definition) is 5. The van der Waals surface area contributed by atoms with E-state index in [-0.39, 0.29) is 17.7 Å². The van der Waals surface area contributed by atoms with Gasteiger partial charge in [0.25, 0.3) is 0 Å². The summed E-state index contributed by atoms with van der Waals surface area (Å²) in [5.41, 5.74) is 4.85. The molecule has 10 nitrogen and oxygen atoms in total. The Morgan fingerprint density at radius 1 is 1.12 bits per heavy atom. The molecule has 10 heteroatoms. The molecule has 1 saturated heterocycles. The van der Waals surface area contributed by atoms with Gasteiger partial charge < -0.3 is 31.7 Å². The number of primary amides is 1. The van der Waals surface area contributed by atoms with Crippen LogP contribution in [0.5, 0.6) is 0 Å². The molecule has 188 valence electrons. The van der Waals surface area contributed by atoms with E-state index in [0.29, 0.717) is 18.9 Å². The van der Waals surface area contributed by atoms with Crippen LogP contribution in [0.1, 0.15) is 67.2 Å². The Balaban J connectivity index is 2.12. The fraction of sp³-hybridized carbons (Fsp3) is 0.826. The van der Waals surface area contributed by atoms with E-state index in [1.807, 2.05) is 34.6 Å². The molecular formula is C23H41N5O5. The van der Waals surface area contributed by atoms with E-state index < -0.39 is 47.6 Å². The summed E-state index contributed by atoms with van der Waals surface area (Å²) in [4.78, 5) is 51.8. The molecule has 1 aliphatic heterocycles. The van der Waals surface area contributed by atoms with Crippen LogP contribution >= 0.6 is 0 Å². The predicted octanol–water partition coefficient (Wildman–Crippen LogP) is 0.477. The van der Waals surface area contributed by atoms with E-state index in [1.54, 1.807) is 6.92 Å². The minimum Gasteiger partial charge on any atom is -0.381 e. The van der Waals surface area contributed by atoms with Crippen molar-refractivity contribution in [3.8, 4) is 0 Å². The molecule has 0 aromatic carbocycles. The molecule has 6 atom stereocenters. The third-order valence-corrected chi connectivity index (χ3v) is 6.79. The highest BCUT2D eigenvalue weighted by Gasteiger charge is 2.46. The van der Waals surface area contributed by atoms with Crippen molar-refractivity contribution in [1.29, 1.82) is 0 Å². The van der Waals surface area contributed by atoms with Crippen molar-refractivity contribution in [2.45, 2.75) is 97.0 Å². The lowest BCUT2D eigenvalue weighted by atomic mass is 9.79. The first-order valence-electron chi connectivity index (χ1n) is 11.9. The van der Waals surface area contributed by atoms with Gasteiger partial charge in [0.2, 0.25) is 17.7 Å².